The van der Waals surface area contributed by atoms with Crippen LogP contribution in [0.5, 0.6) is 0 Å². The molecule has 0 saturated carbocycles. The molecule has 1 aromatic carbocycles. The zero-order valence-electron chi connectivity index (χ0n) is 10.6. The van der Waals surface area contributed by atoms with Crippen LogP contribution in [0.25, 0.3) is 10.8 Å². The molecule has 1 atom stereocenters. The van der Waals surface area contributed by atoms with Crippen LogP contribution in [0.2, 0.25) is 0 Å². The molecule has 0 aliphatic carbocycles. The van der Waals surface area contributed by atoms with E-state index in [0.29, 0.717) is 16.5 Å². The Morgan fingerprint density at radius 3 is 2.85 bits per heavy atom. The molecule has 2 aromatic rings. The molecule has 1 unspecified atom stereocenters. The summed E-state index contributed by atoms with van der Waals surface area (Å²) in [7, 11) is 0. The minimum atomic E-state index is -0.859. The highest BCUT2D eigenvalue weighted by atomic mass is 32.2. The molecule has 0 radical (unpaired) electrons. The van der Waals surface area contributed by atoms with Crippen molar-refractivity contribution < 1.29 is 14.8 Å². The summed E-state index contributed by atoms with van der Waals surface area (Å²) in [5, 5.41) is 21.0. The summed E-state index contributed by atoms with van der Waals surface area (Å²) < 4.78 is 0. The Balaban J connectivity index is 2.38. The molecule has 0 aliphatic rings. The molecule has 7 heteroatoms. The highest BCUT2D eigenvalue weighted by Crippen LogP contribution is 2.33. The smallest absolute Gasteiger partial charge is 0.307 e. The average Bonchev–Trinajstić information content (AvgIpc) is 2.43. The SMILES string of the molecule is CC(CSc1ccc([N+](=O)[O-])c2ccncc12)C(=O)O. The van der Waals surface area contributed by atoms with Crippen LogP contribution in [-0.4, -0.2) is 26.7 Å². The largest absolute Gasteiger partial charge is 0.481 e. The summed E-state index contributed by atoms with van der Waals surface area (Å²) in [5.41, 5.74) is 0.0260. The molecule has 1 N–H and O–H groups in total. The van der Waals surface area contributed by atoms with E-state index in [2.05, 4.69) is 4.98 Å². The predicted molar refractivity (Wildman–Crippen MR) is 75.9 cm³/mol. The Hall–Kier alpha value is -2.15. The first-order chi connectivity index (χ1) is 9.50. The van der Waals surface area contributed by atoms with Gasteiger partial charge in [0.25, 0.3) is 5.69 Å². The van der Waals surface area contributed by atoms with Crippen molar-refractivity contribution in [3.63, 3.8) is 0 Å². The van der Waals surface area contributed by atoms with E-state index in [1.807, 2.05) is 0 Å². The summed E-state index contributed by atoms with van der Waals surface area (Å²) in [6.07, 6.45) is 3.07. The van der Waals surface area contributed by atoms with Gasteiger partial charge in [-0.1, -0.05) is 6.92 Å². The lowest BCUT2D eigenvalue weighted by Gasteiger charge is -2.08. The molecule has 2 rings (SSSR count). The third-order valence-electron chi connectivity index (χ3n) is 2.86. The maximum absolute atomic E-state index is 11.0. The van der Waals surface area contributed by atoms with Crippen LogP contribution < -0.4 is 0 Å². The van der Waals surface area contributed by atoms with Crippen LogP contribution in [-0.2, 0) is 4.79 Å². The number of hydrogen-bond donors (Lipinski definition) is 1. The number of carboxylic acids is 1. The van der Waals surface area contributed by atoms with Gasteiger partial charge in [-0.25, -0.2) is 0 Å². The first-order valence-corrected chi connectivity index (χ1v) is 6.86. The monoisotopic (exact) mass is 292 g/mol. The number of nitro benzene ring substituents is 1. The molecule has 1 aromatic heterocycles. The van der Waals surface area contributed by atoms with E-state index in [-0.39, 0.29) is 5.69 Å². The molecule has 0 aliphatic heterocycles. The van der Waals surface area contributed by atoms with E-state index in [1.54, 1.807) is 25.3 Å². The number of aromatic nitrogens is 1. The molecule has 0 spiro atoms. The van der Waals surface area contributed by atoms with Gasteiger partial charge in [-0.15, -0.1) is 11.8 Å². The van der Waals surface area contributed by atoms with Crippen LogP contribution in [0.1, 0.15) is 6.92 Å². The lowest BCUT2D eigenvalue weighted by molar-refractivity contribution is -0.383. The van der Waals surface area contributed by atoms with Gasteiger partial charge < -0.3 is 5.11 Å². The fourth-order valence-electron chi connectivity index (χ4n) is 1.72. The minimum Gasteiger partial charge on any atom is -0.481 e. The quantitative estimate of drug-likeness (QED) is 0.517. The zero-order valence-corrected chi connectivity index (χ0v) is 11.5. The fraction of sp³-hybridized carbons (Fsp3) is 0.231. The van der Waals surface area contributed by atoms with Gasteiger partial charge in [0.1, 0.15) is 0 Å². The molecule has 0 bridgehead atoms. The second-order valence-electron chi connectivity index (χ2n) is 4.31. The lowest BCUT2D eigenvalue weighted by Crippen LogP contribution is -2.11. The number of hydrogen-bond acceptors (Lipinski definition) is 5. The highest BCUT2D eigenvalue weighted by Gasteiger charge is 2.16. The highest BCUT2D eigenvalue weighted by molar-refractivity contribution is 7.99. The number of non-ortho nitro benzene ring substituents is 1. The Morgan fingerprint density at radius 1 is 1.45 bits per heavy atom. The topological polar surface area (TPSA) is 93.3 Å². The maximum atomic E-state index is 11.0. The van der Waals surface area contributed by atoms with Crippen molar-refractivity contribution in [2.75, 3.05) is 5.75 Å². The molecule has 0 saturated heterocycles. The van der Waals surface area contributed by atoms with Crippen LogP contribution in [0.4, 0.5) is 5.69 Å². The Bertz CT molecular complexity index is 674. The van der Waals surface area contributed by atoms with Crippen molar-refractivity contribution in [1.82, 2.24) is 4.98 Å². The second-order valence-corrected chi connectivity index (χ2v) is 5.37. The lowest BCUT2D eigenvalue weighted by atomic mass is 10.1. The van der Waals surface area contributed by atoms with Gasteiger partial charge in [-0.2, -0.15) is 0 Å². The molecule has 1 heterocycles. The molecule has 0 fully saturated rings. The van der Waals surface area contributed by atoms with Gasteiger partial charge in [0.15, 0.2) is 0 Å². The summed E-state index contributed by atoms with van der Waals surface area (Å²) in [6.45, 7) is 1.63. The number of nitrogens with zero attached hydrogens (tertiary/aromatic N) is 2. The number of fused-ring (bicyclic) bond motifs is 1. The first kappa shape index (κ1) is 14.3. The molecular weight excluding hydrogens is 280 g/mol. The van der Waals surface area contributed by atoms with Crippen LogP contribution in [0, 0.1) is 16.0 Å². The number of carboxylic acid groups (broad SMARTS) is 1. The van der Waals surface area contributed by atoms with E-state index >= 15 is 0 Å². The molecule has 6 nitrogen and oxygen atoms in total. The van der Waals surface area contributed by atoms with Crippen LogP contribution >= 0.6 is 11.8 Å². The third-order valence-corrected chi connectivity index (χ3v) is 4.20. The van der Waals surface area contributed by atoms with Crippen molar-refractivity contribution >= 4 is 34.2 Å². The number of nitro groups is 1. The number of pyridine rings is 1. The molecule has 20 heavy (non-hydrogen) atoms. The number of aliphatic carboxylic acids is 1. The van der Waals surface area contributed by atoms with Crippen LogP contribution in [0.15, 0.2) is 35.5 Å². The van der Waals surface area contributed by atoms with Gasteiger partial charge in [-0.05, 0) is 12.1 Å². The van der Waals surface area contributed by atoms with E-state index in [9.17, 15) is 14.9 Å². The van der Waals surface area contributed by atoms with Crippen molar-refractivity contribution in [1.29, 1.82) is 0 Å². The summed E-state index contributed by atoms with van der Waals surface area (Å²) >= 11 is 1.36. The van der Waals surface area contributed by atoms with Crippen molar-refractivity contribution in [2.45, 2.75) is 11.8 Å². The number of carbonyl (C=O) groups is 1. The van der Waals surface area contributed by atoms with E-state index in [4.69, 9.17) is 5.11 Å². The molecule has 104 valence electrons. The van der Waals surface area contributed by atoms with Gasteiger partial charge in [0.2, 0.25) is 0 Å². The number of rotatable bonds is 5. The van der Waals surface area contributed by atoms with Gasteiger partial charge >= 0.3 is 5.97 Å². The van der Waals surface area contributed by atoms with Crippen molar-refractivity contribution in [2.24, 2.45) is 5.92 Å². The fourth-order valence-corrected chi connectivity index (χ4v) is 2.77. The second kappa shape index (κ2) is 5.87. The van der Waals surface area contributed by atoms with Crippen molar-refractivity contribution in [3.05, 3.63) is 40.7 Å². The Labute approximate surface area is 119 Å². The Morgan fingerprint density at radius 2 is 2.20 bits per heavy atom. The predicted octanol–water partition coefficient (Wildman–Crippen LogP) is 2.96. The zero-order chi connectivity index (χ0) is 14.7. The number of benzene rings is 1. The average molecular weight is 292 g/mol. The molecule has 0 amide bonds. The normalized spacial score (nSPS) is 12.2. The minimum absolute atomic E-state index is 0.0260. The molecular formula is C13H12N2O4S. The van der Waals surface area contributed by atoms with Gasteiger partial charge in [-0.3, -0.25) is 19.9 Å². The van der Waals surface area contributed by atoms with E-state index in [1.165, 1.54) is 24.0 Å². The maximum Gasteiger partial charge on any atom is 0.307 e. The number of thioether (sulfide) groups is 1. The van der Waals surface area contributed by atoms with Gasteiger partial charge in [0.05, 0.1) is 16.2 Å². The summed E-state index contributed by atoms with van der Waals surface area (Å²) in [5.74, 6) is -0.944. The summed E-state index contributed by atoms with van der Waals surface area (Å²) in [4.78, 5) is 26.1. The standard InChI is InChI=1S/C13H12N2O4S/c1-8(13(16)17)7-20-12-3-2-11(15(18)19)9-4-5-14-6-10(9)12/h2-6,8H,7H2,1H3,(H,16,17). The third kappa shape index (κ3) is 2.88. The Kier molecular flexibility index (Phi) is 4.19. The van der Waals surface area contributed by atoms with E-state index in [0.717, 1.165) is 4.90 Å². The van der Waals surface area contributed by atoms with Crippen molar-refractivity contribution in [3.8, 4) is 0 Å². The van der Waals surface area contributed by atoms with Crippen LogP contribution in [0.3, 0.4) is 0 Å². The van der Waals surface area contributed by atoms with Gasteiger partial charge in [0, 0.05) is 34.5 Å². The summed E-state index contributed by atoms with van der Waals surface area (Å²) in [6, 6.07) is 4.68. The van der Waals surface area contributed by atoms with E-state index < -0.39 is 16.8 Å². The first-order valence-electron chi connectivity index (χ1n) is 5.87.